The molecule has 430 valence electrons. The van der Waals surface area contributed by atoms with Gasteiger partial charge in [-0.25, -0.2) is 4.98 Å². The molecule has 8 rings (SSSR count). The van der Waals surface area contributed by atoms with E-state index in [1.54, 1.807) is 30.6 Å². The van der Waals surface area contributed by atoms with Crippen LogP contribution in [0.15, 0.2) is 101 Å². The maximum atomic E-state index is 14.0. The number of nitrogens with one attached hydrogen (secondary N) is 3. The Labute approximate surface area is 492 Å². The zero-order valence-electron chi connectivity index (χ0n) is 46.4. The number of alkyl halides is 4. The number of carbonyl (C=O) groups is 3. The highest BCUT2D eigenvalue weighted by atomic mass is 127. The van der Waals surface area contributed by atoms with Crippen LogP contribution in [0.3, 0.4) is 0 Å². The van der Waals surface area contributed by atoms with Gasteiger partial charge in [-0.3, -0.25) is 28.9 Å². The van der Waals surface area contributed by atoms with Gasteiger partial charge in [-0.1, -0.05) is 92.4 Å². The predicted molar refractivity (Wildman–Crippen MR) is 326 cm³/mol. The molecule has 0 saturated carbocycles. The molecular formula is C59H77ClF3IN8O5S2. The van der Waals surface area contributed by atoms with Crippen molar-refractivity contribution in [1.82, 2.24) is 29.4 Å². The van der Waals surface area contributed by atoms with Crippen molar-refractivity contribution in [2.75, 3.05) is 94.2 Å². The minimum Gasteiger partial charge on any atom is -0.469 e. The molecular weight excluding hydrogens is 1180 g/mol. The molecule has 0 atom stereocenters. The number of pyridine rings is 1. The second kappa shape index (κ2) is 31.5. The summed E-state index contributed by atoms with van der Waals surface area (Å²) in [6.45, 7) is 16.8. The smallest absolute Gasteiger partial charge is 0.446 e. The Morgan fingerprint density at radius 3 is 2.27 bits per heavy atom. The molecule has 3 aromatic carbocycles. The van der Waals surface area contributed by atoms with Gasteiger partial charge in [0.05, 0.1) is 18.9 Å². The standard InChI is InChI=1S/C56H68ClF3N8O5S2.C2H6.CH3I/c1-55(2)21-19-41(47(36-55)39-11-13-42(57)14-12-39)38-66-27-29-67(30-28-66)43-15-17-46(49(34-43)73-44-33-40-20-23-62-53(40)63-37-44)54(71)64-75-45-16-18-48(50(35-45)74-56(58,59)60)61-22-8-24-65-25-31-68(32-26-65)51(69)9-6-4-5-7-10-52(70)72-3;2*1-2/h11-18,20,23,33-35,37,61H,4-10,19,21-22,24-32,36,38H2,1-3H3,(H,62,63)(H,64,71);1-2H3;1H3. The molecule has 0 bridgehead atoms. The van der Waals surface area contributed by atoms with Gasteiger partial charge in [0.15, 0.2) is 0 Å². The average molecular weight is 1260 g/mol. The lowest BCUT2D eigenvalue weighted by Gasteiger charge is -2.39. The van der Waals surface area contributed by atoms with E-state index in [-0.39, 0.29) is 39.5 Å². The Kier molecular flexibility index (Phi) is 25.3. The highest BCUT2D eigenvalue weighted by Crippen LogP contribution is 2.44. The number of fused-ring (bicyclic) bond motifs is 1. The Hall–Kier alpha value is -4.67. The number of nitrogens with zero attached hydrogens (tertiary/aromatic N) is 5. The summed E-state index contributed by atoms with van der Waals surface area (Å²) >= 11 is 9.16. The van der Waals surface area contributed by atoms with Crippen LogP contribution in [-0.2, 0) is 14.3 Å². The molecule has 4 heterocycles. The zero-order chi connectivity index (χ0) is 57.0. The average Bonchev–Trinajstić information content (AvgIpc) is 3.94. The normalized spacial score (nSPS) is 15.9. The minimum absolute atomic E-state index is 0.000118. The number of esters is 1. The maximum absolute atomic E-state index is 14.0. The number of hydrogen-bond donors (Lipinski definition) is 3. The molecule has 0 spiro atoms. The SMILES string of the molecule is CC.CI.COC(=O)CCCCCCC(=O)N1CCN(CCCNc2ccc(SNC(=O)c3ccc(N4CCN(CC5=C(c6ccc(Cl)cc6)CC(C)(C)CC5)CC4)cc3Oc3cnc4[nH]ccc4c3)cc2SC(F)(F)F)CC1. The molecule has 2 aromatic heterocycles. The van der Waals surface area contributed by atoms with Gasteiger partial charge in [-0.2, -0.15) is 13.2 Å². The molecule has 2 fully saturated rings. The van der Waals surface area contributed by atoms with Crippen LogP contribution in [0.25, 0.3) is 16.6 Å². The molecule has 0 unspecified atom stereocenters. The van der Waals surface area contributed by atoms with Crippen LogP contribution >= 0.6 is 57.9 Å². The van der Waals surface area contributed by atoms with Gasteiger partial charge >= 0.3 is 11.5 Å². The summed E-state index contributed by atoms with van der Waals surface area (Å²) in [6, 6.07) is 22.2. The van der Waals surface area contributed by atoms with Crippen molar-refractivity contribution in [3.8, 4) is 11.5 Å². The predicted octanol–water partition coefficient (Wildman–Crippen LogP) is 14.4. The summed E-state index contributed by atoms with van der Waals surface area (Å²) in [5, 5.41) is 4.79. The third-order valence-electron chi connectivity index (χ3n) is 14.2. The summed E-state index contributed by atoms with van der Waals surface area (Å²) in [5.74, 6) is 0.241. The summed E-state index contributed by atoms with van der Waals surface area (Å²) in [4.78, 5) is 57.1. The number of allylic oxidation sites excluding steroid dienone is 1. The van der Waals surface area contributed by atoms with Gasteiger partial charge in [0.25, 0.3) is 5.91 Å². The number of rotatable bonds is 22. The van der Waals surface area contributed by atoms with E-state index in [4.69, 9.17) is 16.3 Å². The van der Waals surface area contributed by atoms with Crippen molar-refractivity contribution >= 4 is 104 Å². The Bertz CT molecular complexity index is 2790. The topological polar surface area (TPSA) is 135 Å². The number of benzene rings is 3. The van der Waals surface area contributed by atoms with Crippen LogP contribution in [0.5, 0.6) is 11.5 Å². The molecule has 1 aliphatic carbocycles. The number of hydrogen-bond acceptors (Lipinski definition) is 12. The first-order valence-corrected chi connectivity index (χ1v) is 31.5. The highest BCUT2D eigenvalue weighted by molar-refractivity contribution is 14.1. The van der Waals surface area contributed by atoms with Gasteiger partial charge in [0.2, 0.25) is 5.91 Å². The zero-order valence-corrected chi connectivity index (χ0v) is 51.0. The maximum Gasteiger partial charge on any atom is 0.446 e. The van der Waals surface area contributed by atoms with Crippen LogP contribution in [-0.4, -0.2) is 132 Å². The van der Waals surface area contributed by atoms with Gasteiger partial charge in [-0.15, -0.1) is 0 Å². The third kappa shape index (κ3) is 19.8. The van der Waals surface area contributed by atoms with Crippen molar-refractivity contribution in [2.45, 2.75) is 107 Å². The third-order valence-corrected chi connectivity index (χ3v) is 16.0. The Morgan fingerprint density at radius 1 is 0.848 bits per heavy atom. The number of anilines is 2. The van der Waals surface area contributed by atoms with Gasteiger partial charge in [0, 0.05) is 122 Å². The summed E-state index contributed by atoms with van der Waals surface area (Å²) < 4.78 is 55.7. The molecule has 3 N–H and O–H groups in total. The van der Waals surface area contributed by atoms with E-state index in [9.17, 15) is 27.6 Å². The van der Waals surface area contributed by atoms with E-state index in [0.717, 1.165) is 125 Å². The first-order chi connectivity index (χ1) is 38.1. The number of halogens is 5. The minimum atomic E-state index is -4.53. The van der Waals surface area contributed by atoms with E-state index in [1.807, 2.05) is 60.1 Å². The quantitative estimate of drug-likeness (QED) is 0.0152. The highest BCUT2D eigenvalue weighted by Gasteiger charge is 2.32. The number of methoxy groups -OCH3 is 1. The molecule has 5 aromatic rings. The second-order valence-corrected chi connectivity index (χ2v) is 22.7. The molecule has 79 heavy (non-hydrogen) atoms. The molecule has 3 aliphatic rings. The monoisotopic (exact) mass is 1260 g/mol. The van der Waals surface area contributed by atoms with Crippen molar-refractivity contribution in [3.05, 3.63) is 107 Å². The number of ether oxygens (including phenoxy) is 2. The molecule has 13 nitrogen and oxygen atoms in total. The molecule has 2 aliphatic heterocycles. The Morgan fingerprint density at radius 2 is 1.56 bits per heavy atom. The van der Waals surface area contributed by atoms with E-state index < -0.39 is 11.4 Å². The molecule has 20 heteroatoms. The molecule has 0 radical (unpaired) electrons. The lowest BCUT2D eigenvalue weighted by atomic mass is 9.72. The van der Waals surface area contributed by atoms with Crippen LogP contribution < -0.4 is 19.7 Å². The number of carbonyl (C=O) groups excluding carboxylic acids is 3. The van der Waals surface area contributed by atoms with E-state index in [1.165, 1.54) is 29.9 Å². The fourth-order valence-electron chi connectivity index (χ4n) is 9.97. The number of unbranched alkanes of at least 4 members (excludes halogenated alkanes) is 3. The molecule has 2 saturated heterocycles. The fraction of sp³-hybridized carbons (Fsp3) is 0.492. The van der Waals surface area contributed by atoms with Crippen molar-refractivity contribution in [3.63, 3.8) is 0 Å². The number of amides is 2. The lowest BCUT2D eigenvalue weighted by Crippen LogP contribution is -2.48. The number of aromatic nitrogens is 2. The van der Waals surface area contributed by atoms with E-state index in [0.29, 0.717) is 66.6 Å². The fourth-order valence-corrected chi connectivity index (χ4v) is 11.5. The Balaban J connectivity index is 0.00000246. The van der Waals surface area contributed by atoms with Crippen molar-refractivity contribution < 1.29 is 37.0 Å². The van der Waals surface area contributed by atoms with E-state index >= 15 is 0 Å². The van der Waals surface area contributed by atoms with E-state index in [2.05, 4.69) is 88.0 Å². The van der Waals surface area contributed by atoms with Gasteiger partial charge < -0.3 is 29.6 Å². The second-order valence-electron chi connectivity index (χ2n) is 20.3. The van der Waals surface area contributed by atoms with Gasteiger partial charge in [-0.05, 0) is 145 Å². The largest absolute Gasteiger partial charge is 0.469 e. The van der Waals surface area contributed by atoms with Crippen LogP contribution in [0.1, 0.15) is 108 Å². The van der Waals surface area contributed by atoms with Gasteiger partial charge in [0.1, 0.15) is 17.1 Å². The first-order valence-electron chi connectivity index (χ1n) is 27.3. The van der Waals surface area contributed by atoms with Crippen molar-refractivity contribution in [1.29, 1.82) is 0 Å². The number of aromatic amines is 1. The molecule has 2 amide bonds. The number of thioether (sulfide) groups is 1. The van der Waals surface area contributed by atoms with Crippen LogP contribution in [0.2, 0.25) is 5.02 Å². The van der Waals surface area contributed by atoms with Crippen LogP contribution in [0.4, 0.5) is 24.5 Å². The number of piperazine rings is 2. The van der Waals surface area contributed by atoms with Crippen LogP contribution in [0, 0.1) is 5.41 Å². The summed E-state index contributed by atoms with van der Waals surface area (Å²) in [5.41, 5.74) is 2.09. The first kappa shape index (κ1) is 63.5. The number of H-pyrrole nitrogens is 1. The summed E-state index contributed by atoms with van der Waals surface area (Å²) in [6.07, 6.45) is 11.5. The lowest BCUT2D eigenvalue weighted by molar-refractivity contribution is -0.140. The van der Waals surface area contributed by atoms with Crippen molar-refractivity contribution in [2.24, 2.45) is 5.41 Å². The summed E-state index contributed by atoms with van der Waals surface area (Å²) in [7, 11) is 1.38.